The summed E-state index contributed by atoms with van der Waals surface area (Å²) in [5.74, 6) is 0.773. The predicted molar refractivity (Wildman–Crippen MR) is 243 cm³/mol. The fourth-order valence-corrected chi connectivity index (χ4v) is 7.10. The summed E-state index contributed by atoms with van der Waals surface area (Å²) in [6, 6.07) is 25.2. The Morgan fingerprint density at radius 3 is 2.21 bits per heavy atom. The quantitative estimate of drug-likeness (QED) is 0.0419. The number of amides is 3. The number of unbranched alkanes of at least 4 members (excludes halogenated alkanes) is 3. The molecular formula is C48H73N7O3. The van der Waals surface area contributed by atoms with Crippen molar-refractivity contribution in [1.29, 1.82) is 0 Å². The van der Waals surface area contributed by atoms with E-state index in [1.165, 1.54) is 28.3 Å². The van der Waals surface area contributed by atoms with Gasteiger partial charge in [0.15, 0.2) is 0 Å². The van der Waals surface area contributed by atoms with Crippen LogP contribution in [0.5, 0.6) is 0 Å². The molecule has 1 aliphatic rings. The Kier molecular flexibility index (Phi) is 25.4. The van der Waals surface area contributed by atoms with E-state index in [0.29, 0.717) is 18.9 Å². The molecule has 7 N–H and O–H groups in total. The van der Waals surface area contributed by atoms with Gasteiger partial charge in [0.2, 0.25) is 18.2 Å². The van der Waals surface area contributed by atoms with E-state index in [4.69, 9.17) is 4.79 Å². The van der Waals surface area contributed by atoms with Crippen LogP contribution in [-0.4, -0.2) is 74.5 Å². The summed E-state index contributed by atoms with van der Waals surface area (Å²) in [6.07, 6.45) is 12.6. The van der Waals surface area contributed by atoms with Crippen molar-refractivity contribution in [3.05, 3.63) is 121 Å². The number of likely N-dealkylation sites (tertiary alicyclic amines) is 1. The highest BCUT2D eigenvalue weighted by molar-refractivity contribution is 5.85. The number of hydrogen-bond donors (Lipinski definition) is 6. The first-order valence-corrected chi connectivity index (χ1v) is 21.3. The summed E-state index contributed by atoms with van der Waals surface area (Å²) in [5, 5.41) is 18.6. The number of nitrogens with two attached hydrogens (primary N) is 1. The van der Waals surface area contributed by atoms with Crippen molar-refractivity contribution in [2.24, 2.45) is 11.7 Å². The summed E-state index contributed by atoms with van der Waals surface area (Å²) in [5.41, 5.74) is 8.59. The zero-order valence-electron chi connectivity index (χ0n) is 35.7. The van der Waals surface area contributed by atoms with Gasteiger partial charge in [-0.05, 0) is 119 Å². The lowest BCUT2D eigenvalue weighted by Gasteiger charge is -2.35. The van der Waals surface area contributed by atoms with Gasteiger partial charge in [0, 0.05) is 44.1 Å². The summed E-state index contributed by atoms with van der Waals surface area (Å²) < 4.78 is 0. The smallest absolute Gasteiger partial charge is 0.242 e. The lowest BCUT2D eigenvalue weighted by Crippen LogP contribution is -2.51. The Bertz CT molecular complexity index is 1650. The number of rotatable bonds is 24. The fraction of sp³-hybridized carbons (Fsp3) is 0.479. The maximum atomic E-state index is 14.1. The van der Waals surface area contributed by atoms with Crippen molar-refractivity contribution in [1.82, 2.24) is 31.5 Å². The number of nitrogens with one attached hydrogen (secondary N) is 5. The van der Waals surface area contributed by atoms with Crippen LogP contribution in [0.25, 0.3) is 10.8 Å². The van der Waals surface area contributed by atoms with E-state index >= 15 is 0 Å². The third-order valence-corrected chi connectivity index (χ3v) is 10.1. The molecule has 0 aromatic heterocycles. The Hall–Kier alpha value is -5.09. The maximum Gasteiger partial charge on any atom is 0.242 e. The van der Waals surface area contributed by atoms with E-state index in [-0.39, 0.29) is 30.3 Å². The van der Waals surface area contributed by atoms with Gasteiger partial charge in [-0.15, -0.1) is 0 Å². The molecule has 3 amide bonds. The molecular weight excluding hydrogens is 723 g/mol. The number of piperidine rings is 1. The van der Waals surface area contributed by atoms with Gasteiger partial charge in [0.1, 0.15) is 6.04 Å². The number of carbonyl (C=O) groups is 3. The molecule has 10 heteroatoms. The molecule has 10 nitrogen and oxygen atoms in total. The Morgan fingerprint density at radius 2 is 1.53 bits per heavy atom. The summed E-state index contributed by atoms with van der Waals surface area (Å²) >= 11 is 0. The van der Waals surface area contributed by atoms with Crippen LogP contribution >= 0.6 is 0 Å². The minimum Gasteiger partial charge on any atom is -0.392 e. The third kappa shape index (κ3) is 20.4. The standard InChI is InChI=1S/C43H61N5O2.C4H9N.CH3NO/c1-5-40(47-33(2)3)42(49)46-27-13-7-8-17-34(4)44-25-14-15-26-45-41(31-36-23-24-38-21-11-12-22-39(38)30-36)43(50)48-28-16-20-37(32-48)29-35-18-9-6-10-19-35;1-3-5-4-2;2-1-3/h6,9-12,18-19,21-24,30,37,40-41,44-45,47H,2,4-5,7-8,13-17,20,25-29,31-32H2,1,3H3,(H,46,49);3,5H,1,4H2,2H3;1H,(H2,2,3). The number of allylic oxidation sites excluding steroid dienone is 2. The predicted octanol–water partition coefficient (Wildman–Crippen LogP) is 7.12. The Balaban J connectivity index is 0.00000132. The number of hydrogen-bond acceptors (Lipinski definition) is 7. The average molecular weight is 796 g/mol. The van der Waals surface area contributed by atoms with E-state index in [1.54, 1.807) is 6.20 Å². The molecule has 1 fully saturated rings. The van der Waals surface area contributed by atoms with Gasteiger partial charge in [-0.2, -0.15) is 0 Å². The molecule has 3 atom stereocenters. The molecule has 58 heavy (non-hydrogen) atoms. The molecule has 3 aromatic carbocycles. The Labute approximate surface area is 349 Å². The number of fused-ring (bicyclic) bond motifs is 1. The normalized spacial score (nSPS) is 14.3. The summed E-state index contributed by atoms with van der Waals surface area (Å²) in [6.45, 7) is 22.4. The molecule has 318 valence electrons. The second kappa shape index (κ2) is 30.1. The van der Waals surface area contributed by atoms with Crippen LogP contribution in [0.2, 0.25) is 0 Å². The first-order chi connectivity index (χ1) is 28.1. The first-order valence-electron chi connectivity index (χ1n) is 21.3. The number of primary amides is 1. The fourth-order valence-electron chi connectivity index (χ4n) is 7.10. The van der Waals surface area contributed by atoms with E-state index in [2.05, 4.69) is 130 Å². The van der Waals surface area contributed by atoms with Crippen LogP contribution in [-0.2, 0) is 27.2 Å². The van der Waals surface area contributed by atoms with Crippen LogP contribution in [0, 0.1) is 5.92 Å². The van der Waals surface area contributed by atoms with E-state index in [1.807, 2.05) is 20.8 Å². The van der Waals surface area contributed by atoms with Crippen LogP contribution in [0.3, 0.4) is 0 Å². The van der Waals surface area contributed by atoms with Gasteiger partial charge in [-0.25, -0.2) is 0 Å². The molecule has 0 bridgehead atoms. The zero-order valence-corrected chi connectivity index (χ0v) is 35.7. The molecule has 0 spiro atoms. The lowest BCUT2D eigenvalue weighted by atomic mass is 9.90. The molecule has 3 aromatic rings. The van der Waals surface area contributed by atoms with Crippen molar-refractivity contribution in [3.63, 3.8) is 0 Å². The van der Waals surface area contributed by atoms with Crippen molar-refractivity contribution < 1.29 is 14.4 Å². The molecule has 0 aliphatic carbocycles. The molecule has 1 saturated heterocycles. The maximum absolute atomic E-state index is 14.1. The van der Waals surface area contributed by atoms with Gasteiger partial charge in [0.05, 0.1) is 6.04 Å². The second-order valence-corrected chi connectivity index (χ2v) is 15.0. The van der Waals surface area contributed by atoms with Gasteiger partial charge in [-0.3, -0.25) is 14.4 Å². The Morgan fingerprint density at radius 1 is 0.862 bits per heavy atom. The molecule has 0 radical (unpaired) electrons. The van der Waals surface area contributed by atoms with Gasteiger partial charge < -0.3 is 37.2 Å². The second-order valence-electron chi connectivity index (χ2n) is 15.0. The van der Waals surface area contributed by atoms with Crippen LogP contribution in [0.15, 0.2) is 110 Å². The van der Waals surface area contributed by atoms with E-state index < -0.39 is 0 Å². The van der Waals surface area contributed by atoms with Crippen molar-refractivity contribution in [2.75, 3.05) is 39.3 Å². The third-order valence-electron chi connectivity index (χ3n) is 10.1. The molecule has 3 unspecified atom stereocenters. The molecule has 1 aliphatic heterocycles. The molecule has 0 saturated carbocycles. The average Bonchev–Trinajstić information content (AvgIpc) is 3.22. The van der Waals surface area contributed by atoms with Crippen molar-refractivity contribution in [2.45, 2.75) is 103 Å². The van der Waals surface area contributed by atoms with Crippen LogP contribution in [0.4, 0.5) is 0 Å². The number of carbonyl (C=O) groups excluding carboxylic acids is 3. The monoisotopic (exact) mass is 796 g/mol. The van der Waals surface area contributed by atoms with Gasteiger partial charge in [0.25, 0.3) is 0 Å². The van der Waals surface area contributed by atoms with Crippen molar-refractivity contribution >= 4 is 29.0 Å². The highest BCUT2D eigenvalue weighted by Crippen LogP contribution is 2.23. The highest BCUT2D eigenvalue weighted by atomic mass is 16.2. The SMILES string of the molecule is C=C(C)NC(CC)C(=O)NCCCCCC(=C)NCCCCNC(Cc1ccc2ccccc2c1)C(=O)N1CCCC(Cc2ccccc2)C1.C=CNCC.NC=O. The summed E-state index contributed by atoms with van der Waals surface area (Å²) in [7, 11) is 0. The lowest BCUT2D eigenvalue weighted by molar-refractivity contribution is -0.135. The van der Waals surface area contributed by atoms with E-state index in [0.717, 1.165) is 102 Å². The van der Waals surface area contributed by atoms with Crippen LogP contribution in [0.1, 0.15) is 89.7 Å². The first kappa shape index (κ1) is 49.1. The topological polar surface area (TPSA) is 141 Å². The van der Waals surface area contributed by atoms with Crippen LogP contribution < -0.4 is 32.3 Å². The largest absolute Gasteiger partial charge is 0.392 e. The van der Waals surface area contributed by atoms with Gasteiger partial charge >= 0.3 is 0 Å². The summed E-state index contributed by atoms with van der Waals surface area (Å²) in [4.78, 5) is 37.1. The van der Waals surface area contributed by atoms with E-state index in [9.17, 15) is 9.59 Å². The van der Waals surface area contributed by atoms with Gasteiger partial charge in [-0.1, -0.05) is 106 Å². The molecule has 4 rings (SSSR count). The zero-order chi connectivity index (χ0) is 42.4. The molecule has 1 heterocycles. The minimum atomic E-state index is -0.241. The number of nitrogens with zero attached hydrogens (tertiary/aromatic N) is 1. The minimum absolute atomic E-state index is 0.0411. The van der Waals surface area contributed by atoms with Crippen molar-refractivity contribution in [3.8, 4) is 0 Å². The highest BCUT2D eigenvalue weighted by Gasteiger charge is 2.29. The number of benzene rings is 3.